The van der Waals surface area contributed by atoms with E-state index in [9.17, 15) is 0 Å². The van der Waals surface area contributed by atoms with Gasteiger partial charge in [0.1, 0.15) is 0 Å². The second kappa shape index (κ2) is 5.99. The van der Waals surface area contributed by atoms with E-state index in [-0.39, 0.29) is 11.2 Å². The summed E-state index contributed by atoms with van der Waals surface area (Å²) >= 11 is 4.21. The molecule has 0 aliphatic rings. The van der Waals surface area contributed by atoms with Gasteiger partial charge in [-0.3, -0.25) is 0 Å². The van der Waals surface area contributed by atoms with Crippen LogP contribution in [0.2, 0.25) is 0 Å². The summed E-state index contributed by atoms with van der Waals surface area (Å²) in [6.07, 6.45) is 1.89. The summed E-state index contributed by atoms with van der Waals surface area (Å²) in [7, 11) is 1.73. The molecule has 0 amide bonds. The number of thiol groups is 1. The maximum Gasteiger partial charge on any atom is 0.0644 e. The van der Waals surface area contributed by atoms with Crippen LogP contribution in [-0.2, 0) is 9.47 Å². The first-order valence-corrected chi connectivity index (χ1v) is 5.76. The van der Waals surface area contributed by atoms with Crippen molar-refractivity contribution in [3.63, 3.8) is 0 Å². The third-order valence-corrected chi connectivity index (χ3v) is 2.69. The van der Waals surface area contributed by atoms with Crippen LogP contribution in [0.4, 0.5) is 0 Å². The molecule has 0 aliphatic carbocycles. The SMILES string of the molecule is COC(C)(C)CCOC(C)(C)CCS. The van der Waals surface area contributed by atoms with Crippen molar-refractivity contribution < 1.29 is 9.47 Å². The van der Waals surface area contributed by atoms with E-state index in [4.69, 9.17) is 9.47 Å². The summed E-state index contributed by atoms with van der Waals surface area (Å²) in [6.45, 7) is 9.08. The molecule has 0 unspecified atom stereocenters. The van der Waals surface area contributed by atoms with Gasteiger partial charge in [-0.1, -0.05) is 0 Å². The number of hydrogen-bond donors (Lipinski definition) is 1. The standard InChI is InChI=1S/C11H24O2S/c1-10(2,12-5)6-8-13-11(3,4)7-9-14/h14H,6-9H2,1-5H3. The van der Waals surface area contributed by atoms with E-state index in [2.05, 4.69) is 40.3 Å². The van der Waals surface area contributed by atoms with Crippen LogP contribution in [-0.4, -0.2) is 30.7 Å². The lowest BCUT2D eigenvalue weighted by molar-refractivity contribution is -0.0586. The molecular weight excluding hydrogens is 196 g/mol. The van der Waals surface area contributed by atoms with E-state index in [0.29, 0.717) is 0 Å². The molecule has 0 aromatic carbocycles. The first-order valence-electron chi connectivity index (χ1n) is 5.13. The molecule has 0 fully saturated rings. The summed E-state index contributed by atoms with van der Waals surface area (Å²) in [4.78, 5) is 0. The van der Waals surface area contributed by atoms with Gasteiger partial charge >= 0.3 is 0 Å². The zero-order valence-corrected chi connectivity index (χ0v) is 11.0. The topological polar surface area (TPSA) is 18.5 Å². The molecular formula is C11H24O2S. The molecule has 0 rings (SSSR count). The van der Waals surface area contributed by atoms with Crippen LogP contribution >= 0.6 is 12.6 Å². The van der Waals surface area contributed by atoms with Gasteiger partial charge in [0, 0.05) is 7.11 Å². The Hall–Kier alpha value is 0.270. The van der Waals surface area contributed by atoms with Gasteiger partial charge in [-0.15, -0.1) is 0 Å². The van der Waals surface area contributed by atoms with Crippen molar-refractivity contribution in [1.29, 1.82) is 0 Å². The molecule has 0 radical (unpaired) electrons. The highest BCUT2D eigenvalue weighted by Crippen LogP contribution is 2.18. The molecule has 0 spiro atoms. The predicted octanol–water partition coefficient (Wildman–Crippen LogP) is 2.92. The van der Waals surface area contributed by atoms with Gasteiger partial charge in [0.2, 0.25) is 0 Å². The number of ether oxygens (including phenoxy) is 2. The quantitative estimate of drug-likeness (QED) is 0.665. The van der Waals surface area contributed by atoms with Gasteiger partial charge in [0.25, 0.3) is 0 Å². The van der Waals surface area contributed by atoms with Crippen molar-refractivity contribution >= 4 is 12.6 Å². The van der Waals surface area contributed by atoms with Gasteiger partial charge in [0.15, 0.2) is 0 Å². The summed E-state index contributed by atoms with van der Waals surface area (Å²) in [5.41, 5.74) is -0.150. The largest absolute Gasteiger partial charge is 0.379 e. The smallest absolute Gasteiger partial charge is 0.0644 e. The van der Waals surface area contributed by atoms with Crippen LogP contribution in [0.5, 0.6) is 0 Å². The lowest BCUT2D eigenvalue weighted by atomic mass is 10.0. The second-order valence-electron chi connectivity index (χ2n) is 4.80. The average Bonchev–Trinajstić information content (AvgIpc) is 2.03. The Morgan fingerprint density at radius 3 is 2.00 bits per heavy atom. The minimum atomic E-state index is -0.0863. The second-order valence-corrected chi connectivity index (χ2v) is 5.24. The summed E-state index contributed by atoms with van der Waals surface area (Å²) in [6, 6.07) is 0. The lowest BCUT2D eigenvalue weighted by Gasteiger charge is -2.28. The molecule has 0 N–H and O–H groups in total. The Kier molecular flexibility index (Phi) is 6.10. The van der Waals surface area contributed by atoms with E-state index < -0.39 is 0 Å². The molecule has 0 aliphatic heterocycles. The van der Waals surface area contributed by atoms with E-state index in [1.807, 2.05) is 0 Å². The van der Waals surface area contributed by atoms with Crippen molar-refractivity contribution in [3.05, 3.63) is 0 Å². The van der Waals surface area contributed by atoms with Crippen molar-refractivity contribution in [1.82, 2.24) is 0 Å². The molecule has 0 aromatic heterocycles. The Morgan fingerprint density at radius 1 is 1.00 bits per heavy atom. The predicted molar refractivity (Wildman–Crippen MR) is 64.2 cm³/mol. The Morgan fingerprint density at radius 2 is 1.57 bits per heavy atom. The molecule has 2 nitrogen and oxygen atoms in total. The molecule has 3 heteroatoms. The highest BCUT2D eigenvalue weighted by Gasteiger charge is 2.20. The van der Waals surface area contributed by atoms with Crippen molar-refractivity contribution in [3.8, 4) is 0 Å². The fraction of sp³-hybridized carbons (Fsp3) is 1.00. The molecule has 86 valence electrons. The zero-order chi connectivity index (χ0) is 11.2. The van der Waals surface area contributed by atoms with Crippen LogP contribution in [0.3, 0.4) is 0 Å². The van der Waals surface area contributed by atoms with Crippen LogP contribution in [0.25, 0.3) is 0 Å². The van der Waals surface area contributed by atoms with Crippen LogP contribution in [0.15, 0.2) is 0 Å². The summed E-state index contributed by atoms with van der Waals surface area (Å²) < 4.78 is 11.1. The first kappa shape index (κ1) is 14.3. The first-order chi connectivity index (χ1) is 6.33. The minimum absolute atomic E-state index is 0.0639. The minimum Gasteiger partial charge on any atom is -0.379 e. The maximum atomic E-state index is 5.78. The molecule has 0 heterocycles. The average molecular weight is 220 g/mol. The van der Waals surface area contributed by atoms with Gasteiger partial charge in [-0.2, -0.15) is 12.6 Å². The fourth-order valence-corrected chi connectivity index (χ4v) is 1.56. The van der Waals surface area contributed by atoms with Crippen molar-refractivity contribution in [2.45, 2.75) is 51.7 Å². The van der Waals surface area contributed by atoms with Gasteiger partial charge in [-0.25, -0.2) is 0 Å². The van der Waals surface area contributed by atoms with Crippen molar-refractivity contribution in [2.24, 2.45) is 0 Å². The van der Waals surface area contributed by atoms with E-state index in [1.54, 1.807) is 7.11 Å². The van der Waals surface area contributed by atoms with Crippen molar-refractivity contribution in [2.75, 3.05) is 19.5 Å². The fourth-order valence-electron chi connectivity index (χ4n) is 1.02. The van der Waals surface area contributed by atoms with Gasteiger partial charge in [-0.05, 0) is 46.3 Å². The number of rotatable bonds is 7. The normalized spacial score (nSPS) is 13.3. The number of methoxy groups -OCH3 is 1. The Bertz CT molecular complexity index is 155. The van der Waals surface area contributed by atoms with Gasteiger partial charge < -0.3 is 9.47 Å². The van der Waals surface area contributed by atoms with Crippen LogP contribution < -0.4 is 0 Å². The van der Waals surface area contributed by atoms with Crippen LogP contribution in [0, 0.1) is 0 Å². The monoisotopic (exact) mass is 220 g/mol. The highest BCUT2D eigenvalue weighted by molar-refractivity contribution is 7.80. The summed E-state index contributed by atoms with van der Waals surface area (Å²) in [5.74, 6) is 0.862. The molecule has 0 atom stereocenters. The van der Waals surface area contributed by atoms with E-state index in [0.717, 1.165) is 25.2 Å². The molecule has 0 bridgehead atoms. The lowest BCUT2D eigenvalue weighted by Crippen LogP contribution is -2.30. The highest BCUT2D eigenvalue weighted by atomic mass is 32.1. The molecule has 0 saturated carbocycles. The summed E-state index contributed by atoms with van der Waals surface area (Å²) in [5, 5.41) is 0. The maximum absolute atomic E-state index is 5.78. The third-order valence-electron chi connectivity index (χ3n) is 2.46. The zero-order valence-electron chi connectivity index (χ0n) is 10.1. The van der Waals surface area contributed by atoms with Gasteiger partial charge in [0.05, 0.1) is 17.8 Å². The molecule has 0 saturated heterocycles. The Labute approximate surface area is 93.8 Å². The Balaban J connectivity index is 3.73. The third kappa shape index (κ3) is 6.68. The van der Waals surface area contributed by atoms with E-state index >= 15 is 0 Å². The molecule has 0 aromatic rings. The van der Waals surface area contributed by atoms with E-state index in [1.165, 1.54) is 0 Å². The number of hydrogen-bond acceptors (Lipinski definition) is 3. The van der Waals surface area contributed by atoms with Crippen LogP contribution in [0.1, 0.15) is 40.5 Å². The molecule has 14 heavy (non-hydrogen) atoms.